The molecule has 0 fully saturated rings. The number of halogens is 2. The smallest absolute Gasteiger partial charge is 0.146 e. The molecule has 0 atom stereocenters. The molecule has 0 aliphatic rings. The number of anilines is 2. The topological polar surface area (TPSA) is 63.8 Å². The maximum atomic E-state index is 5.65. The molecule has 7 heteroatoms. The molecule has 0 amide bonds. The molecule has 0 bridgehead atoms. The lowest BCUT2D eigenvalue weighted by molar-refractivity contribution is 1.09. The van der Waals surface area contributed by atoms with Crippen LogP contribution in [0.5, 0.6) is 0 Å². The number of nitrogens with two attached hydrogens (primary N) is 1. The van der Waals surface area contributed by atoms with Crippen LogP contribution in [0.25, 0.3) is 0 Å². The van der Waals surface area contributed by atoms with E-state index in [4.69, 9.17) is 5.73 Å². The molecule has 0 aliphatic carbocycles. The van der Waals surface area contributed by atoms with Gasteiger partial charge in [-0.3, -0.25) is 0 Å². The van der Waals surface area contributed by atoms with Crippen molar-refractivity contribution in [2.75, 3.05) is 11.1 Å². The SMILES string of the molecule is Nc1ncnc(NCc2ccc(Br)s2)c1Br. The van der Waals surface area contributed by atoms with Crippen LogP contribution in [-0.2, 0) is 6.54 Å². The molecule has 3 N–H and O–H groups in total. The normalized spacial score (nSPS) is 10.4. The van der Waals surface area contributed by atoms with Crippen LogP contribution in [0.15, 0.2) is 26.7 Å². The zero-order valence-electron chi connectivity index (χ0n) is 8.08. The van der Waals surface area contributed by atoms with Crippen LogP contribution in [0.1, 0.15) is 4.88 Å². The Morgan fingerprint density at radius 3 is 2.81 bits per heavy atom. The van der Waals surface area contributed by atoms with E-state index < -0.39 is 0 Å². The molecule has 84 valence electrons. The number of nitrogen functional groups attached to an aromatic ring is 1. The van der Waals surface area contributed by atoms with Gasteiger partial charge in [0, 0.05) is 4.88 Å². The highest BCUT2D eigenvalue weighted by molar-refractivity contribution is 9.11. The summed E-state index contributed by atoms with van der Waals surface area (Å²) in [5, 5.41) is 3.19. The number of rotatable bonds is 3. The Morgan fingerprint density at radius 2 is 2.12 bits per heavy atom. The maximum Gasteiger partial charge on any atom is 0.146 e. The highest BCUT2D eigenvalue weighted by Gasteiger charge is 2.05. The van der Waals surface area contributed by atoms with Gasteiger partial charge in [-0.05, 0) is 44.0 Å². The maximum absolute atomic E-state index is 5.65. The van der Waals surface area contributed by atoms with Gasteiger partial charge in [-0.15, -0.1) is 11.3 Å². The van der Waals surface area contributed by atoms with Crippen LogP contribution in [0.4, 0.5) is 11.6 Å². The van der Waals surface area contributed by atoms with Crippen molar-refractivity contribution in [1.82, 2.24) is 9.97 Å². The van der Waals surface area contributed by atoms with Crippen LogP contribution in [0.3, 0.4) is 0 Å². The van der Waals surface area contributed by atoms with Crippen molar-refractivity contribution in [3.8, 4) is 0 Å². The standard InChI is InChI=1S/C9H8Br2N4S/c10-6-2-1-5(16-6)3-13-9-7(11)8(12)14-4-15-9/h1-2,4H,3H2,(H3,12,13,14,15). The van der Waals surface area contributed by atoms with Crippen LogP contribution in [-0.4, -0.2) is 9.97 Å². The summed E-state index contributed by atoms with van der Waals surface area (Å²) in [4.78, 5) is 9.20. The highest BCUT2D eigenvalue weighted by atomic mass is 79.9. The summed E-state index contributed by atoms with van der Waals surface area (Å²) in [5.74, 6) is 1.14. The predicted molar refractivity (Wildman–Crippen MR) is 73.5 cm³/mol. The summed E-state index contributed by atoms with van der Waals surface area (Å²) in [6.07, 6.45) is 1.44. The summed E-state index contributed by atoms with van der Waals surface area (Å²) in [5.41, 5.74) is 5.65. The van der Waals surface area contributed by atoms with Gasteiger partial charge < -0.3 is 11.1 Å². The first-order chi connectivity index (χ1) is 7.66. The van der Waals surface area contributed by atoms with Crippen molar-refractivity contribution < 1.29 is 0 Å². The summed E-state index contributed by atoms with van der Waals surface area (Å²) in [6.45, 7) is 0.714. The minimum atomic E-state index is 0.435. The first kappa shape index (κ1) is 11.8. The second-order valence-electron chi connectivity index (χ2n) is 2.98. The van der Waals surface area contributed by atoms with Gasteiger partial charge in [-0.25, -0.2) is 9.97 Å². The van der Waals surface area contributed by atoms with E-state index >= 15 is 0 Å². The molecule has 2 aromatic heterocycles. The molecule has 16 heavy (non-hydrogen) atoms. The van der Waals surface area contributed by atoms with E-state index in [0.29, 0.717) is 22.7 Å². The fraction of sp³-hybridized carbons (Fsp3) is 0.111. The van der Waals surface area contributed by atoms with Gasteiger partial charge in [0.2, 0.25) is 0 Å². The second kappa shape index (κ2) is 5.11. The Labute approximate surface area is 114 Å². The molecule has 2 heterocycles. The molecule has 0 aliphatic heterocycles. The molecule has 0 radical (unpaired) electrons. The van der Waals surface area contributed by atoms with E-state index in [0.717, 1.165) is 3.79 Å². The van der Waals surface area contributed by atoms with Crippen LogP contribution < -0.4 is 11.1 Å². The first-order valence-electron chi connectivity index (χ1n) is 4.41. The van der Waals surface area contributed by atoms with Gasteiger partial charge in [-0.2, -0.15) is 0 Å². The average Bonchev–Trinajstić information content (AvgIpc) is 2.67. The third-order valence-electron chi connectivity index (χ3n) is 1.88. The number of aromatic nitrogens is 2. The fourth-order valence-corrected chi connectivity index (χ4v) is 2.89. The predicted octanol–water partition coefficient (Wildman–Crippen LogP) is 3.26. The molecule has 0 saturated heterocycles. The molecule has 4 nitrogen and oxygen atoms in total. The highest BCUT2D eigenvalue weighted by Crippen LogP contribution is 2.26. The molecule has 0 spiro atoms. The minimum absolute atomic E-state index is 0.435. The molecular weight excluding hydrogens is 356 g/mol. The van der Waals surface area contributed by atoms with Crippen molar-refractivity contribution in [3.05, 3.63) is 31.6 Å². The Morgan fingerprint density at radius 1 is 1.31 bits per heavy atom. The van der Waals surface area contributed by atoms with E-state index in [1.54, 1.807) is 11.3 Å². The van der Waals surface area contributed by atoms with Crippen molar-refractivity contribution in [2.24, 2.45) is 0 Å². The van der Waals surface area contributed by atoms with Crippen molar-refractivity contribution in [1.29, 1.82) is 0 Å². The number of hydrogen-bond acceptors (Lipinski definition) is 5. The van der Waals surface area contributed by atoms with E-state index in [9.17, 15) is 0 Å². The van der Waals surface area contributed by atoms with Gasteiger partial charge in [-0.1, -0.05) is 0 Å². The summed E-state index contributed by atoms with van der Waals surface area (Å²) >= 11 is 8.44. The van der Waals surface area contributed by atoms with Crippen LogP contribution in [0, 0.1) is 0 Å². The van der Waals surface area contributed by atoms with Crippen molar-refractivity contribution in [2.45, 2.75) is 6.54 Å². The quantitative estimate of drug-likeness (QED) is 0.878. The molecule has 0 aromatic carbocycles. The molecule has 2 aromatic rings. The van der Waals surface area contributed by atoms with Crippen LogP contribution in [0.2, 0.25) is 0 Å². The second-order valence-corrected chi connectivity index (χ2v) is 6.32. The Hall–Kier alpha value is -0.660. The monoisotopic (exact) mass is 362 g/mol. The van der Waals surface area contributed by atoms with Gasteiger partial charge in [0.25, 0.3) is 0 Å². The van der Waals surface area contributed by atoms with Crippen LogP contribution >= 0.6 is 43.2 Å². The molecule has 0 unspecified atom stereocenters. The number of hydrogen-bond donors (Lipinski definition) is 2. The average molecular weight is 364 g/mol. The fourth-order valence-electron chi connectivity index (χ4n) is 1.12. The summed E-state index contributed by atoms with van der Waals surface area (Å²) in [7, 11) is 0. The minimum Gasteiger partial charge on any atom is -0.383 e. The van der Waals surface area contributed by atoms with Gasteiger partial charge in [0.15, 0.2) is 0 Å². The first-order valence-corrected chi connectivity index (χ1v) is 6.81. The lowest BCUT2D eigenvalue weighted by Crippen LogP contribution is -2.03. The number of thiophene rings is 1. The lowest BCUT2D eigenvalue weighted by atomic mass is 10.4. The third kappa shape index (κ3) is 2.72. The van der Waals surface area contributed by atoms with E-state index in [1.165, 1.54) is 11.2 Å². The summed E-state index contributed by atoms with van der Waals surface area (Å²) in [6, 6.07) is 4.07. The molecule has 2 rings (SSSR count). The molecular formula is C9H8Br2N4S. The Kier molecular flexibility index (Phi) is 3.78. The van der Waals surface area contributed by atoms with Crippen molar-refractivity contribution >= 4 is 54.8 Å². The zero-order valence-corrected chi connectivity index (χ0v) is 12.1. The van der Waals surface area contributed by atoms with E-state index in [2.05, 4.69) is 53.2 Å². The van der Waals surface area contributed by atoms with Gasteiger partial charge in [0.05, 0.1) is 10.3 Å². The van der Waals surface area contributed by atoms with Gasteiger partial charge >= 0.3 is 0 Å². The molecule has 0 saturated carbocycles. The van der Waals surface area contributed by atoms with E-state index in [1.807, 2.05) is 6.07 Å². The van der Waals surface area contributed by atoms with Crippen molar-refractivity contribution in [3.63, 3.8) is 0 Å². The number of nitrogens with zero attached hydrogens (tertiary/aromatic N) is 2. The van der Waals surface area contributed by atoms with Gasteiger partial charge in [0.1, 0.15) is 22.4 Å². The Balaban J connectivity index is 2.07. The summed E-state index contributed by atoms with van der Waals surface area (Å²) < 4.78 is 1.82. The third-order valence-corrected chi connectivity index (χ3v) is 4.28. The Bertz CT molecular complexity index is 500. The lowest BCUT2D eigenvalue weighted by Gasteiger charge is -2.06. The largest absolute Gasteiger partial charge is 0.383 e. The zero-order chi connectivity index (χ0) is 11.5. The van der Waals surface area contributed by atoms with E-state index in [-0.39, 0.29) is 0 Å². The number of nitrogens with one attached hydrogen (secondary N) is 1.